The topological polar surface area (TPSA) is 46.5 Å². The maximum absolute atomic E-state index is 10.9. The van der Waals surface area contributed by atoms with Crippen LogP contribution in [0, 0.1) is 0 Å². The molecule has 0 heterocycles. The molecule has 0 aliphatic heterocycles. The molecule has 0 aliphatic rings. The first kappa shape index (κ1) is 8.81. The van der Waals surface area contributed by atoms with Gasteiger partial charge in [0.2, 0.25) is 0 Å². The van der Waals surface area contributed by atoms with Crippen LogP contribution in [0.1, 0.15) is 10.4 Å². The maximum atomic E-state index is 10.9. The lowest BCUT2D eigenvalue weighted by atomic mass is 9.88. The van der Waals surface area contributed by atoms with Crippen LogP contribution in [0.25, 0.3) is 0 Å². The molecule has 0 spiro atoms. The monoisotopic (exact) mass is 164 g/mol. The second-order valence-corrected chi connectivity index (χ2v) is 2.35. The van der Waals surface area contributed by atoms with E-state index >= 15 is 0 Å². The molecule has 3 nitrogen and oxygen atoms in total. The van der Waals surface area contributed by atoms with Crippen LogP contribution in [0.3, 0.4) is 0 Å². The summed E-state index contributed by atoms with van der Waals surface area (Å²) in [7, 11) is 1.32. The van der Waals surface area contributed by atoms with E-state index in [-0.39, 0.29) is 13.5 Å². The van der Waals surface area contributed by atoms with E-state index in [9.17, 15) is 4.79 Å². The smallest absolute Gasteiger partial charge is 0.337 e. The molecule has 0 radical (unpaired) electrons. The zero-order valence-corrected chi connectivity index (χ0v) is 6.78. The van der Waals surface area contributed by atoms with E-state index in [1.165, 1.54) is 7.11 Å². The summed E-state index contributed by atoms with van der Waals surface area (Å²) in [6.45, 7) is 0. The van der Waals surface area contributed by atoms with Crippen molar-refractivity contribution in [3.8, 4) is 0 Å². The number of methoxy groups -OCH3 is 1. The van der Waals surface area contributed by atoms with Crippen LogP contribution in [0.2, 0.25) is 0 Å². The van der Waals surface area contributed by atoms with Crippen LogP contribution in [0.4, 0.5) is 0 Å². The van der Waals surface area contributed by atoms with Crippen molar-refractivity contribution in [2.75, 3.05) is 7.11 Å². The molecule has 0 atom stereocenters. The minimum absolute atomic E-state index is 0.0124. The molecule has 62 valence electrons. The molecule has 1 N–H and O–H groups in total. The summed E-state index contributed by atoms with van der Waals surface area (Å²) in [6.07, 6.45) is 0. The standard InChI is InChI=1S/C8H9BO3/c1-12-8(10)6-2-4-7(9-11)5-3-6/h2-5,9,11H,1H3. The number of carbonyl (C=O) groups excluding carboxylic acids is 1. The normalized spacial score (nSPS) is 9.17. The quantitative estimate of drug-likeness (QED) is 0.470. The van der Waals surface area contributed by atoms with E-state index in [0.717, 1.165) is 5.46 Å². The minimum atomic E-state index is -0.362. The van der Waals surface area contributed by atoms with Gasteiger partial charge in [0.1, 0.15) is 0 Å². The van der Waals surface area contributed by atoms with Gasteiger partial charge >= 0.3 is 13.5 Å². The third-order valence-corrected chi connectivity index (χ3v) is 1.56. The molecule has 1 rings (SSSR count). The summed E-state index contributed by atoms with van der Waals surface area (Å²) >= 11 is 0. The molecule has 0 saturated carbocycles. The highest BCUT2D eigenvalue weighted by atomic mass is 16.5. The zero-order chi connectivity index (χ0) is 8.97. The third-order valence-electron chi connectivity index (χ3n) is 1.56. The first-order valence-electron chi connectivity index (χ1n) is 3.56. The molecule has 0 saturated heterocycles. The SMILES string of the molecule is COC(=O)c1ccc(BO)cc1. The Kier molecular flexibility index (Phi) is 2.88. The van der Waals surface area contributed by atoms with Crippen molar-refractivity contribution in [1.29, 1.82) is 0 Å². The van der Waals surface area contributed by atoms with Crippen molar-refractivity contribution in [2.24, 2.45) is 0 Å². The van der Waals surface area contributed by atoms with Gasteiger partial charge in [0.15, 0.2) is 0 Å². The Balaban J connectivity index is 2.84. The molecule has 1 aromatic carbocycles. The lowest BCUT2D eigenvalue weighted by molar-refractivity contribution is 0.0601. The van der Waals surface area contributed by atoms with Gasteiger partial charge in [-0.3, -0.25) is 0 Å². The summed E-state index contributed by atoms with van der Waals surface area (Å²) in [6, 6.07) is 6.62. The van der Waals surface area contributed by atoms with Gasteiger partial charge in [-0.05, 0) is 12.1 Å². The lowest BCUT2D eigenvalue weighted by Crippen LogP contribution is -2.13. The van der Waals surface area contributed by atoms with E-state index < -0.39 is 0 Å². The van der Waals surface area contributed by atoms with Gasteiger partial charge in [-0.1, -0.05) is 17.6 Å². The Morgan fingerprint density at radius 3 is 2.42 bits per heavy atom. The molecule has 0 fully saturated rings. The average molecular weight is 164 g/mol. The highest BCUT2D eigenvalue weighted by molar-refractivity contribution is 6.45. The highest BCUT2D eigenvalue weighted by Crippen LogP contribution is 1.97. The van der Waals surface area contributed by atoms with E-state index in [1.807, 2.05) is 0 Å². The Labute approximate surface area is 71.3 Å². The molecule has 1 aromatic rings. The summed E-state index contributed by atoms with van der Waals surface area (Å²) in [5, 5.41) is 8.71. The van der Waals surface area contributed by atoms with Gasteiger partial charge in [-0.2, -0.15) is 0 Å². The fourth-order valence-electron chi connectivity index (χ4n) is 0.864. The van der Waals surface area contributed by atoms with Crippen molar-refractivity contribution in [2.45, 2.75) is 0 Å². The van der Waals surface area contributed by atoms with Gasteiger partial charge in [0, 0.05) is 0 Å². The van der Waals surface area contributed by atoms with Gasteiger partial charge in [0.25, 0.3) is 0 Å². The van der Waals surface area contributed by atoms with Crippen LogP contribution in [0.5, 0.6) is 0 Å². The van der Waals surface area contributed by atoms with E-state index in [4.69, 9.17) is 5.02 Å². The number of rotatable bonds is 2. The summed E-state index contributed by atoms with van der Waals surface area (Å²) in [5.74, 6) is -0.362. The Morgan fingerprint density at radius 1 is 1.42 bits per heavy atom. The maximum Gasteiger partial charge on any atom is 0.337 e. The fourth-order valence-corrected chi connectivity index (χ4v) is 0.864. The second-order valence-electron chi connectivity index (χ2n) is 2.35. The molecule has 12 heavy (non-hydrogen) atoms. The van der Waals surface area contributed by atoms with Crippen molar-refractivity contribution in [3.05, 3.63) is 29.8 Å². The molecule has 4 heteroatoms. The first-order valence-corrected chi connectivity index (χ1v) is 3.56. The number of hydrogen-bond donors (Lipinski definition) is 1. The molecule has 0 aromatic heterocycles. The van der Waals surface area contributed by atoms with E-state index in [2.05, 4.69) is 4.74 Å². The number of ether oxygens (including phenoxy) is 1. The number of carbonyl (C=O) groups is 1. The van der Waals surface area contributed by atoms with Gasteiger partial charge in [-0.15, -0.1) is 0 Å². The number of benzene rings is 1. The number of hydrogen-bond acceptors (Lipinski definition) is 3. The van der Waals surface area contributed by atoms with Crippen molar-refractivity contribution in [3.63, 3.8) is 0 Å². The van der Waals surface area contributed by atoms with E-state index in [0.29, 0.717) is 5.56 Å². The largest absolute Gasteiger partial charge is 0.465 e. The van der Waals surface area contributed by atoms with Crippen LogP contribution in [-0.4, -0.2) is 25.6 Å². The third kappa shape index (κ3) is 1.86. The van der Waals surface area contributed by atoms with E-state index in [1.54, 1.807) is 24.3 Å². The lowest BCUT2D eigenvalue weighted by Gasteiger charge is -1.98. The summed E-state index contributed by atoms with van der Waals surface area (Å²) in [4.78, 5) is 10.9. The molecule has 0 amide bonds. The van der Waals surface area contributed by atoms with Gasteiger partial charge in [0.05, 0.1) is 12.7 Å². The highest BCUT2D eigenvalue weighted by Gasteiger charge is 2.03. The first-order chi connectivity index (χ1) is 5.77. The Bertz CT molecular complexity index is 268. The molecular weight excluding hydrogens is 155 g/mol. The minimum Gasteiger partial charge on any atom is -0.465 e. The van der Waals surface area contributed by atoms with Crippen LogP contribution >= 0.6 is 0 Å². The van der Waals surface area contributed by atoms with Crippen molar-refractivity contribution < 1.29 is 14.6 Å². The molecule has 0 unspecified atom stereocenters. The van der Waals surface area contributed by atoms with Gasteiger partial charge < -0.3 is 9.76 Å². The van der Waals surface area contributed by atoms with Crippen LogP contribution in [-0.2, 0) is 4.74 Å². The van der Waals surface area contributed by atoms with Gasteiger partial charge in [-0.25, -0.2) is 4.79 Å². The predicted molar refractivity (Wildman–Crippen MR) is 46.8 cm³/mol. The van der Waals surface area contributed by atoms with Crippen molar-refractivity contribution >= 4 is 18.9 Å². The zero-order valence-electron chi connectivity index (χ0n) is 6.78. The summed E-state index contributed by atoms with van der Waals surface area (Å²) < 4.78 is 4.51. The molecule has 0 bridgehead atoms. The van der Waals surface area contributed by atoms with Crippen LogP contribution < -0.4 is 5.46 Å². The number of esters is 1. The van der Waals surface area contributed by atoms with Crippen molar-refractivity contribution in [1.82, 2.24) is 0 Å². The summed E-state index contributed by atoms with van der Waals surface area (Å²) in [5.41, 5.74) is 1.28. The van der Waals surface area contributed by atoms with Crippen LogP contribution in [0.15, 0.2) is 24.3 Å². The molecule has 0 aliphatic carbocycles. The Morgan fingerprint density at radius 2 is 2.00 bits per heavy atom. The average Bonchev–Trinajstić information content (AvgIpc) is 2.17. The Hall–Kier alpha value is -1.29. The predicted octanol–water partition coefficient (Wildman–Crippen LogP) is -0.558. The fraction of sp³-hybridized carbons (Fsp3) is 0.125. The molecular formula is C8H9BO3. The second kappa shape index (κ2) is 3.92.